The largest absolute Gasteiger partial charge is 0.387 e. The van der Waals surface area contributed by atoms with Crippen LogP contribution in [0, 0.1) is 5.92 Å². The first-order chi connectivity index (χ1) is 8.20. The average molecular weight is 253 g/mol. The van der Waals surface area contributed by atoms with E-state index >= 15 is 0 Å². The summed E-state index contributed by atoms with van der Waals surface area (Å²) in [5, 5.41) is 6.51. The van der Waals surface area contributed by atoms with E-state index in [0.29, 0.717) is 10.6 Å². The van der Waals surface area contributed by atoms with Crippen LogP contribution in [-0.4, -0.2) is 19.5 Å². The molecular weight excluding hydrogens is 236 g/mol. The van der Waals surface area contributed by atoms with E-state index in [2.05, 4.69) is 10.6 Å². The van der Waals surface area contributed by atoms with Gasteiger partial charge in [-0.05, 0) is 30.5 Å². The monoisotopic (exact) mass is 252 g/mol. The molecule has 2 rings (SSSR count). The van der Waals surface area contributed by atoms with E-state index in [-0.39, 0.29) is 5.91 Å². The smallest absolute Gasteiger partial charge is 0.253 e. The van der Waals surface area contributed by atoms with Crippen LogP contribution in [0.3, 0.4) is 0 Å². The first-order valence-electron chi connectivity index (χ1n) is 5.96. The van der Waals surface area contributed by atoms with Crippen molar-refractivity contribution in [3.8, 4) is 0 Å². The molecule has 1 aromatic rings. The van der Waals surface area contributed by atoms with E-state index in [0.717, 1.165) is 24.6 Å². The van der Waals surface area contributed by atoms with E-state index in [1.807, 2.05) is 6.07 Å². The van der Waals surface area contributed by atoms with Gasteiger partial charge in [0.05, 0.1) is 5.56 Å². The van der Waals surface area contributed by atoms with E-state index in [9.17, 15) is 4.79 Å². The lowest BCUT2D eigenvalue weighted by molar-refractivity contribution is 0.0953. The molecule has 92 valence electrons. The summed E-state index contributed by atoms with van der Waals surface area (Å²) in [5.41, 5.74) is 1.41. The maximum Gasteiger partial charge on any atom is 0.253 e. The highest BCUT2D eigenvalue weighted by Gasteiger charge is 2.21. The van der Waals surface area contributed by atoms with Crippen molar-refractivity contribution >= 4 is 23.2 Å². The van der Waals surface area contributed by atoms with Gasteiger partial charge in [-0.3, -0.25) is 4.79 Å². The lowest BCUT2D eigenvalue weighted by atomic mass is 10.1. The Hall–Kier alpha value is -1.22. The molecule has 0 radical (unpaired) electrons. The van der Waals surface area contributed by atoms with Crippen LogP contribution in [0.25, 0.3) is 0 Å². The van der Waals surface area contributed by atoms with Crippen LogP contribution in [0.5, 0.6) is 0 Å². The maximum atomic E-state index is 12.0. The van der Waals surface area contributed by atoms with Gasteiger partial charge in [-0.15, -0.1) is 0 Å². The second kappa shape index (κ2) is 5.41. The van der Waals surface area contributed by atoms with Gasteiger partial charge in [0.25, 0.3) is 5.91 Å². The Morgan fingerprint density at radius 3 is 2.88 bits per heavy atom. The van der Waals surface area contributed by atoms with Gasteiger partial charge in [0.1, 0.15) is 0 Å². The highest BCUT2D eigenvalue weighted by atomic mass is 35.5. The number of rotatable bonds is 5. The second-order valence-electron chi connectivity index (χ2n) is 4.43. The lowest BCUT2D eigenvalue weighted by Gasteiger charge is -2.10. The predicted octanol–water partition coefficient (Wildman–Crippen LogP) is 2.91. The lowest BCUT2D eigenvalue weighted by Crippen LogP contribution is -2.25. The highest BCUT2D eigenvalue weighted by Crippen LogP contribution is 2.31. The van der Waals surface area contributed by atoms with Crippen molar-refractivity contribution in [3.05, 3.63) is 28.8 Å². The Kier molecular flexibility index (Phi) is 3.89. The first kappa shape index (κ1) is 12.2. The fourth-order valence-electron chi connectivity index (χ4n) is 1.81. The van der Waals surface area contributed by atoms with Crippen LogP contribution in [0.15, 0.2) is 18.2 Å². The summed E-state index contributed by atoms with van der Waals surface area (Å²) in [6, 6.07) is 5.28. The van der Waals surface area contributed by atoms with E-state index < -0.39 is 0 Å². The van der Waals surface area contributed by atoms with Crippen molar-refractivity contribution in [2.75, 3.05) is 18.9 Å². The summed E-state index contributed by atoms with van der Waals surface area (Å²) in [5.74, 6) is 0.774. The molecule has 1 aliphatic carbocycles. The molecule has 0 spiro atoms. The zero-order chi connectivity index (χ0) is 12.3. The molecule has 17 heavy (non-hydrogen) atoms. The standard InChI is InChI=1S/C13H17ClN2O/c1-15-12-5-4-10(14)8-11(12)13(17)16-7-6-9-2-3-9/h4-5,8-9,15H,2-3,6-7H2,1H3,(H,16,17). The Bertz CT molecular complexity index is 416. The molecule has 0 aromatic heterocycles. The molecule has 0 aliphatic heterocycles. The van der Waals surface area contributed by atoms with Crippen molar-refractivity contribution in [2.24, 2.45) is 5.92 Å². The van der Waals surface area contributed by atoms with Crippen molar-refractivity contribution in [3.63, 3.8) is 0 Å². The SMILES string of the molecule is CNc1ccc(Cl)cc1C(=O)NCCC1CC1. The van der Waals surface area contributed by atoms with Gasteiger partial charge in [0.2, 0.25) is 0 Å². The molecule has 1 aromatic carbocycles. The summed E-state index contributed by atoms with van der Waals surface area (Å²) in [4.78, 5) is 12.0. The average Bonchev–Trinajstić information content (AvgIpc) is 3.13. The quantitative estimate of drug-likeness (QED) is 0.846. The van der Waals surface area contributed by atoms with Crippen molar-refractivity contribution in [1.29, 1.82) is 0 Å². The van der Waals surface area contributed by atoms with Crippen molar-refractivity contribution in [2.45, 2.75) is 19.3 Å². The molecule has 0 atom stereocenters. The molecule has 0 bridgehead atoms. The first-order valence-corrected chi connectivity index (χ1v) is 6.34. The maximum absolute atomic E-state index is 12.0. The molecule has 1 saturated carbocycles. The molecule has 4 heteroatoms. The Morgan fingerprint density at radius 2 is 2.24 bits per heavy atom. The van der Waals surface area contributed by atoms with Gasteiger partial charge >= 0.3 is 0 Å². The van der Waals surface area contributed by atoms with Crippen LogP contribution in [-0.2, 0) is 0 Å². The number of benzene rings is 1. The molecule has 0 unspecified atom stereocenters. The molecule has 1 aliphatic rings. The third kappa shape index (κ3) is 3.37. The summed E-state index contributed by atoms with van der Waals surface area (Å²) >= 11 is 5.90. The minimum Gasteiger partial charge on any atom is -0.387 e. The van der Waals surface area contributed by atoms with Crippen LogP contribution in [0.4, 0.5) is 5.69 Å². The van der Waals surface area contributed by atoms with Gasteiger partial charge < -0.3 is 10.6 Å². The fourth-order valence-corrected chi connectivity index (χ4v) is 1.99. The Balaban J connectivity index is 1.98. The predicted molar refractivity (Wildman–Crippen MR) is 70.7 cm³/mol. The van der Waals surface area contributed by atoms with Gasteiger partial charge in [0.15, 0.2) is 0 Å². The van der Waals surface area contributed by atoms with Gasteiger partial charge in [-0.1, -0.05) is 24.4 Å². The van der Waals surface area contributed by atoms with Crippen molar-refractivity contribution < 1.29 is 4.79 Å². The van der Waals surface area contributed by atoms with E-state index in [4.69, 9.17) is 11.6 Å². The summed E-state index contributed by atoms with van der Waals surface area (Å²) in [6.07, 6.45) is 3.71. The number of carbonyl (C=O) groups is 1. The minimum atomic E-state index is -0.0579. The highest BCUT2D eigenvalue weighted by molar-refractivity contribution is 6.31. The zero-order valence-electron chi connectivity index (χ0n) is 9.92. The third-order valence-corrected chi connectivity index (χ3v) is 3.27. The van der Waals surface area contributed by atoms with Crippen LogP contribution < -0.4 is 10.6 Å². The normalized spacial score (nSPS) is 14.5. The van der Waals surface area contributed by atoms with Gasteiger partial charge in [-0.2, -0.15) is 0 Å². The molecule has 0 heterocycles. The number of hydrogen-bond acceptors (Lipinski definition) is 2. The van der Waals surface area contributed by atoms with Crippen LogP contribution >= 0.6 is 11.6 Å². The number of anilines is 1. The summed E-state index contributed by atoms with van der Waals surface area (Å²) < 4.78 is 0. The molecule has 1 amide bonds. The van der Waals surface area contributed by atoms with Crippen molar-refractivity contribution in [1.82, 2.24) is 5.32 Å². The van der Waals surface area contributed by atoms with Crippen LogP contribution in [0.2, 0.25) is 5.02 Å². The Morgan fingerprint density at radius 1 is 1.47 bits per heavy atom. The molecule has 1 fully saturated rings. The second-order valence-corrected chi connectivity index (χ2v) is 4.86. The third-order valence-electron chi connectivity index (χ3n) is 3.03. The fraction of sp³-hybridized carbons (Fsp3) is 0.462. The number of hydrogen-bond donors (Lipinski definition) is 2. The summed E-state index contributed by atoms with van der Waals surface area (Å²) in [6.45, 7) is 0.749. The molecule has 0 saturated heterocycles. The van der Waals surface area contributed by atoms with Crippen LogP contribution in [0.1, 0.15) is 29.6 Å². The molecule has 3 nitrogen and oxygen atoms in total. The topological polar surface area (TPSA) is 41.1 Å². The molecular formula is C13H17ClN2O. The number of halogens is 1. The molecule has 2 N–H and O–H groups in total. The number of nitrogens with one attached hydrogen (secondary N) is 2. The number of carbonyl (C=O) groups excluding carboxylic acids is 1. The minimum absolute atomic E-state index is 0.0579. The zero-order valence-corrected chi connectivity index (χ0v) is 10.7. The Labute approximate surface area is 107 Å². The van der Waals surface area contributed by atoms with E-state index in [1.54, 1.807) is 19.2 Å². The number of amides is 1. The van der Waals surface area contributed by atoms with E-state index in [1.165, 1.54) is 12.8 Å². The van der Waals surface area contributed by atoms with Gasteiger partial charge in [0, 0.05) is 24.3 Å². The summed E-state index contributed by atoms with van der Waals surface area (Å²) in [7, 11) is 1.80. The van der Waals surface area contributed by atoms with Gasteiger partial charge in [-0.25, -0.2) is 0 Å².